The minimum absolute atomic E-state index is 0.0485. The monoisotopic (exact) mass is 758 g/mol. The van der Waals surface area contributed by atoms with Crippen molar-refractivity contribution in [1.29, 1.82) is 0 Å². The lowest BCUT2D eigenvalue weighted by molar-refractivity contribution is 0.660. The van der Waals surface area contributed by atoms with E-state index < -0.39 is 0 Å². The van der Waals surface area contributed by atoms with E-state index in [1.807, 2.05) is 0 Å². The summed E-state index contributed by atoms with van der Waals surface area (Å²) in [6, 6.07) is 59.4. The molecule has 0 amide bonds. The van der Waals surface area contributed by atoms with Gasteiger partial charge in [0.25, 0.3) is 0 Å². The van der Waals surface area contributed by atoms with Crippen molar-refractivity contribution in [3.63, 3.8) is 0 Å². The number of rotatable bonds is 5. The molecule has 1 heteroatoms. The Labute approximate surface area is 347 Å². The molecule has 0 N–H and O–H groups in total. The summed E-state index contributed by atoms with van der Waals surface area (Å²) < 4.78 is 6.92. The van der Waals surface area contributed by atoms with Gasteiger partial charge in [-0.15, -0.1) is 0 Å². The largest absolute Gasteiger partial charge is 0.455 e. The van der Waals surface area contributed by atoms with Crippen LogP contribution in [0.15, 0.2) is 162 Å². The van der Waals surface area contributed by atoms with Crippen LogP contribution in [-0.2, 0) is 10.8 Å². The van der Waals surface area contributed by atoms with Gasteiger partial charge in [0, 0.05) is 27.2 Å². The Morgan fingerprint density at radius 3 is 1.58 bits per heavy atom. The molecule has 0 unspecified atom stereocenters. The van der Waals surface area contributed by atoms with Gasteiger partial charge in [0.1, 0.15) is 11.2 Å². The van der Waals surface area contributed by atoms with E-state index in [0.717, 1.165) is 16.6 Å². The lowest BCUT2D eigenvalue weighted by Crippen LogP contribution is -2.14. The van der Waals surface area contributed by atoms with E-state index in [2.05, 4.69) is 192 Å². The number of furan rings is 1. The zero-order valence-corrected chi connectivity index (χ0v) is 34.4. The van der Waals surface area contributed by atoms with Crippen LogP contribution in [0.4, 0.5) is 0 Å². The molecule has 0 aliphatic heterocycles. The van der Waals surface area contributed by atoms with Crippen molar-refractivity contribution in [3.8, 4) is 66.8 Å². The molecule has 1 saturated carbocycles. The van der Waals surface area contributed by atoms with E-state index in [1.165, 1.54) is 118 Å². The Balaban J connectivity index is 1.05. The smallest absolute Gasteiger partial charge is 0.143 e. The number of fused-ring (bicyclic) bond motifs is 9. The first-order chi connectivity index (χ1) is 28.7. The second kappa shape index (κ2) is 12.3. The van der Waals surface area contributed by atoms with Crippen LogP contribution in [0.2, 0.25) is 0 Å². The molecule has 3 aliphatic rings. The van der Waals surface area contributed by atoms with Crippen LogP contribution < -0.4 is 0 Å². The van der Waals surface area contributed by atoms with Crippen molar-refractivity contribution >= 4 is 21.9 Å². The highest BCUT2D eigenvalue weighted by atomic mass is 16.3. The van der Waals surface area contributed by atoms with E-state index in [-0.39, 0.29) is 10.8 Å². The molecular weight excluding hydrogens is 713 g/mol. The number of benzene rings is 8. The highest BCUT2D eigenvalue weighted by Crippen LogP contribution is 2.53. The van der Waals surface area contributed by atoms with E-state index in [0.29, 0.717) is 5.92 Å². The van der Waals surface area contributed by atoms with E-state index >= 15 is 0 Å². The number of hydrogen-bond donors (Lipinski definition) is 0. The van der Waals surface area contributed by atoms with Crippen LogP contribution in [-0.4, -0.2) is 0 Å². The van der Waals surface area contributed by atoms with Gasteiger partial charge in [-0.2, -0.15) is 0 Å². The third-order valence-electron chi connectivity index (χ3n) is 14.3. The third kappa shape index (κ3) is 5.04. The summed E-state index contributed by atoms with van der Waals surface area (Å²) in [5.41, 5.74) is 25.5. The van der Waals surface area contributed by atoms with Crippen molar-refractivity contribution < 1.29 is 4.42 Å². The Hall–Kier alpha value is -6.44. The van der Waals surface area contributed by atoms with Gasteiger partial charge in [-0.1, -0.05) is 149 Å². The first kappa shape index (κ1) is 34.6. The zero-order chi connectivity index (χ0) is 39.8. The van der Waals surface area contributed by atoms with Crippen molar-refractivity contribution in [1.82, 2.24) is 0 Å². The molecule has 284 valence electrons. The molecule has 1 heterocycles. The molecule has 9 aromatic rings. The molecule has 3 aliphatic carbocycles. The van der Waals surface area contributed by atoms with E-state index in [9.17, 15) is 0 Å². The molecule has 0 radical (unpaired) electrons. The fourth-order valence-corrected chi connectivity index (χ4v) is 10.9. The zero-order valence-electron chi connectivity index (χ0n) is 34.4. The van der Waals surface area contributed by atoms with Crippen LogP contribution in [0.25, 0.3) is 88.7 Å². The Morgan fingerprint density at radius 2 is 0.949 bits per heavy atom. The molecule has 59 heavy (non-hydrogen) atoms. The molecule has 0 spiro atoms. The maximum absolute atomic E-state index is 6.92. The molecule has 8 aromatic carbocycles. The Morgan fingerprint density at radius 1 is 0.424 bits per heavy atom. The predicted octanol–water partition coefficient (Wildman–Crippen LogP) is 16.1. The van der Waals surface area contributed by atoms with Crippen LogP contribution in [0, 0.1) is 6.92 Å². The average Bonchev–Trinajstić information content (AvgIpc) is 3.97. The first-order valence-corrected chi connectivity index (χ1v) is 21.4. The molecule has 1 aromatic heterocycles. The van der Waals surface area contributed by atoms with Gasteiger partial charge in [-0.3, -0.25) is 0 Å². The molecule has 12 rings (SSSR count). The topological polar surface area (TPSA) is 13.1 Å². The molecule has 0 bridgehead atoms. The summed E-state index contributed by atoms with van der Waals surface area (Å²) in [7, 11) is 0. The second-order valence-electron chi connectivity index (χ2n) is 18.4. The van der Waals surface area contributed by atoms with Gasteiger partial charge < -0.3 is 4.42 Å². The summed E-state index contributed by atoms with van der Waals surface area (Å²) in [4.78, 5) is 0. The minimum atomic E-state index is -0.0554. The molecule has 1 fully saturated rings. The summed E-state index contributed by atoms with van der Waals surface area (Å²) in [5, 5.41) is 2.32. The Kier molecular flexibility index (Phi) is 7.20. The van der Waals surface area contributed by atoms with Crippen molar-refractivity contribution in [2.24, 2.45) is 0 Å². The highest BCUT2D eigenvalue weighted by Gasteiger charge is 2.37. The standard InChI is InChI=1S/C58H46O/c1-34-46(47-29-37(21-25-41(47)35-19-20-35)39-22-26-44-42-15-9-11-17-50(42)57(2,3)52(44)31-39)33-49-48-30-38(24-28-54(48)59-56(49)55(34)36-13-7-6-8-14-36)40-23-27-45-43-16-10-12-18-51(43)58(4,5)53(45)32-40/h6-18,21-33,35H,19-20H2,1-5H3. The normalized spacial score (nSPS) is 15.6. The lowest BCUT2D eigenvalue weighted by atomic mass is 9.81. The number of hydrogen-bond acceptors (Lipinski definition) is 1. The molecule has 0 saturated heterocycles. The summed E-state index contributed by atoms with van der Waals surface area (Å²) >= 11 is 0. The van der Waals surface area contributed by atoms with Crippen molar-refractivity contribution in [2.75, 3.05) is 0 Å². The second-order valence-corrected chi connectivity index (χ2v) is 18.4. The van der Waals surface area contributed by atoms with Gasteiger partial charge in [-0.25, -0.2) is 0 Å². The summed E-state index contributed by atoms with van der Waals surface area (Å²) in [5.74, 6) is 0.589. The van der Waals surface area contributed by atoms with Gasteiger partial charge in [-0.05, 0) is 157 Å². The Bertz CT molecular complexity index is 3220. The SMILES string of the molecule is Cc1c(-c2cc(-c3ccc4c(c3)C(C)(C)c3ccccc3-4)ccc2C2CC2)cc2c(oc3ccc(-c4ccc5c(c4)C(C)(C)c4ccccc4-5)cc32)c1-c1ccccc1. The predicted molar refractivity (Wildman–Crippen MR) is 247 cm³/mol. The average molecular weight is 759 g/mol. The molecule has 0 atom stereocenters. The highest BCUT2D eigenvalue weighted by molar-refractivity contribution is 6.13. The summed E-state index contributed by atoms with van der Waals surface area (Å²) in [6.45, 7) is 11.8. The van der Waals surface area contributed by atoms with Crippen LogP contribution in [0.1, 0.15) is 79.8 Å². The van der Waals surface area contributed by atoms with Crippen molar-refractivity contribution in [2.45, 2.75) is 64.2 Å². The summed E-state index contributed by atoms with van der Waals surface area (Å²) in [6.07, 6.45) is 2.48. The first-order valence-electron chi connectivity index (χ1n) is 21.4. The van der Waals surface area contributed by atoms with Crippen LogP contribution >= 0.6 is 0 Å². The van der Waals surface area contributed by atoms with E-state index in [4.69, 9.17) is 4.42 Å². The van der Waals surface area contributed by atoms with E-state index in [1.54, 1.807) is 0 Å². The quantitative estimate of drug-likeness (QED) is 0.170. The lowest BCUT2D eigenvalue weighted by Gasteiger charge is -2.22. The van der Waals surface area contributed by atoms with Gasteiger partial charge in [0.15, 0.2) is 0 Å². The van der Waals surface area contributed by atoms with Gasteiger partial charge in [0.2, 0.25) is 0 Å². The maximum Gasteiger partial charge on any atom is 0.143 e. The van der Waals surface area contributed by atoms with Crippen LogP contribution in [0.5, 0.6) is 0 Å². The van der Waals surface area contributed by atoms with Crippen LogP contribution in [0.3, 0.4) is 0 Å². The van der Waals surface area contributed by atoms with Gasteiger partial charge >= 0.3 is 0 Å². The fraction of sp³-hybridized carbons (Fsp3) is 0.172. The maximum atomic E-state index is 6.92. The minimum Gasteiger partial charge on any atom is -0.455 e. The molecule has 1 nitrogen and oxygen atoms in total. The fourth-order valence-electron chi connectivity index (χ4n) is 10.9. The van der Waals surface area contributed by atoms with Crippen molar-refractivity contribution in [3.05, 3.63) is 191 Å². The third-order valence-corrected chi connectivity index (χ3v) is 14.3. The van der Waals surface area contributed by atoms with Gasteiger partial charge in [0.05, 0.1) is 0 Å². The molecular formula is C58H46O.